The average Bonchev–Trinajstić information content (AvgIpc) is 2.98. The zero-order valence-electron chi connectivity index (χ0n) is 14.1. The Morgan fingerprint density at radius 1 is 1.25 bits per heavy atom. The maximum atomic E-state index is 12.9. The molecule has 4 aliphatic rings. The van der Waals surface area contributed by atoms with Crippen LogP contribution < -0.4 is 5.32 Å². The summed E-state index contributed by atoms with van der Waals surface area (Å²) in [5.41, 5.74) is 0.569. The quantitative estimate of drug-likeness (QED) is 0.804. The van der Waals surface area contributed by atoms with Gasteiger partial charge in [0.2, 0.25) is 0 Å². The Balaban J connectivity index is 1.37. The topological polar surface area (TPSA) is 59.1 Å². The first-order chi connectivity index (χ1) is 11.6. The molecule has 1 heterocycles. The second kappa shape index (κ2) is 6.17. The first kappa shape index (κ1) is 16.1. The molecule has 4 nitrogen and oxygen atoms in total. The van der Waals surface area contributed by atoms with Crippen LogP contribution >= 0.6 is 11.8 Å². The van der Waals surface area contributed by atoms with Crippen LogP contribution in [0, 0.1) is 23.2 Å². The monoisotopic (exact) mass is 344 g/mol. The van der Waals surface area contributed by atoms with Crippen molar-refractivity contribution in [3.8, 4) is 0 Å². The van der Waals surface area contributed by atoms with Crippen molar-refractivity contribution in [3.63, 3.8) is 0 Å². The third-order valence-corrected chi connectivity index (χ3v) is 7.18. The van der Waals surface area contributed by atoms with Gasteiger partial charge in [0.25, 0.3) is 5.91 Å². The van der Waals surface area contributed by atoms with Crippen molar-refractivity contribution in [2.45, 2.75) is 44.1 Å². The van der Waals surface area contributed by atoms with E-state index in [0.29, 0.717) is 29.6 Å². The standard InChI is InChI=1S/C19H24N2O2S/c1-2-20-18(23)14-3-4-17(21-10-14)24-11-16(22)19-8-12-5-13(9-19)7-15(19)6-12/h3-4,10,12-13,15H,2,5-9,11H2,1H3,(H,20,23). The fourth-order valence-corrected chi connectivity index (χ4v) is 6.26. The van der Waals surface area contributed by atoms with Gasteiger partial charge in [0.15, 0.2) is 0 Å². The Labute approximate surface area is 147 Å². The number of amides is 1. The molecule has 0 spiro atoms. The molecule has 4 fully saturated rings. The molecule has 4 aliphatic carbocycles. The Morgan fingerprint density at radius 2 is 2.00 bits per heavy atom. The lowest BCUT2D eigenvalue weighted by Crippen LogP contribution is -2.34. The molecule has 0 aromatic carbocycles. The van der Waals surface area contributed by atoms with Crippen molar-refractivity contribution < 1.29 is 9.59 Å². The summed E-state index contributed by atoms with van der Waals surface area (Å²) in [5, 5.41) is 3.59. The normalized spacial score (nSPS) is 33.0. The molecule has 1 aromatic rings. The molecule has 1 amide bonds. The smallest absolute Gasteiger partial charge is 0.252 e. The third-order valence-electron chi connectivity index (χ3n) is 6.23. The van der Waals surface area contributed by atoms with Crippen molar-refractivity contribution >= 4 is 23.5 Å². The summed E-state index contributed by atoms with van der Waals surface area (Å²) in [6, 6.07) is 3.63. The summed E-state index contributed by atoms with van der Waals surface area (Å²) >= 11 is 1.52. The van der Waals surface area contributed by atoms with Crippen molar-refractivity contribution in [3.05, 3.63) is 23.9 Å². The van der Waals surface area contributed by atoms with E-state index in [0.717, 1.165) is 29.7 Å². The van der Waals surface area contributed by atoms with Gasteiger partial charge in [-0.15, -0.1) is 0 Å². The Bertz CT molecular complexity index is 644. The number of ketones is 1. The second-order valence-electron chi connectivity index (χ2n) is 7.66. The number of hydrogen-bond acceptors (Lipinski definition) is 4. The van der Waals surface area contributed by atoms with Gasteiger partial charge in [0.1, 0.15) is 5.78 Å². The van der Waals surface area contributed by atoms with Gasteiger partial charge in [-0.2, -0.15) is 0 Å². The van der Waals surface area contributed by atoms with E-state index in [2.05, 4.69) is 10.3 Å². The van der Waals surface area contributed by atoms with Crippen LogP contribution in [-0.4, -0.2) is 29.0 Å². The lowest BCUT2D eigenvalue weighted by molar-refractivity contribution is -0.127. The molecule has 5 rings (SSSR count). The van der Waals surface area contributed by atoms with Crippen molar-refractivity contribution in [1.82, 2.24) is 10.3 Å². The van der Waals surface area contributed by atoms with E-state index in [1.54, 1.807) is 12.3 Å². The molecule has 0 aliphatic heterocycles. The minimum atomic E-state index is -0.101. The number of thioether (sulfide) groups is 1. The van der Waals surface area contributed by atoms with Gasteiger partial charge in [-0.05, 0) is 68.9 Å². The highest BCUT2D eigenvalue weighted by atomic mass is 32.2. The highest BCUT2D eigenvalue weighted by Gasteiger charge is 2.60. The van der Waals surface area contributed by atoms with Gasteiger partial charge in [-0.3, -0.25) is 9.59 Å². The van der Waals surface area contributed by atoms with Crippen molar-refractivity contribution in [2.24, 2.45) is 23.2 Å². The predicted octanol–water partition coefficient (Wildman–Crippen LogP) is 3.32. The van der Waals surface area contributed by atoms with E-state index < -0.39 is 0 Å². The van der Waals surface area contributed by atoms with E-state index in [9.17, 15) is 9.59 Å². The molecule has 1 aromatic heterocycles. The summed E-state index contributed by atoms with van der Waals surface area (Å²) in [6.45, 7) is 2.50. The lowest BCUT2D eigenvalue weighted by atomic mass is 9.73. The Hall–Kier alpha value is -1.36. The Kier molecular flexibility index (Phi) is 4.15. The molecule has 0 radical (unpaired) electrons. The van der Waals surface area contributed by atoms with Gasteiger partial charge in [0, 0.05) is 18.2 Å². The first-order valence-electron chi connectivity index (χ1n) is 9.01. The van der Waals surface area contributed by atoms with Crippen molar-refractivity contribution in [2.75, 3.05) is 12.3 Å². The van der Waals surface area contributed by atoms with Crippen LogP contribution in [0.1, 0.15) is 49.4 Å². The van der Waals surface area contributed by atoms with Gasteiger partial charge < -0.3 is 5.32 Å². The molecule has 5 heteroatoms. The summed E-state index contributed by atoms with van der Waals surface area (Å²) in [7, 11) is 0. The van der Waals surface area contributed by atoms with Gasteiger partial charge in [0.05, 0.1) is 16.3 Å². The number of carbonyl (C=O) groups is 2. The van der Waals surface area contributed by atoms with E-state index in [-0.39, 0.29) is 11.3 Å². The lowest BCUT2D eigenvalue weighted by Gasteiger charge is -2.31. The molecule has 128 valence electrons. The van der Waals surface area contributed by atoms with E-state index in [1.807, 2.05) is 13.0 Å². The molecular weight excluding hydrogens is 320 g/mol. The van der Waals surface area contributed by atoms with E-state index in [4.69, 9.17) is 0 Å². The molecule has 24 heavy (non-hydrogen) atoms. The molecule has 4 saturated carbocycles. The van der Waals surface area contributed by atoms with E-state index in [1.165, 1.54) is 31.0 Å². The minimum Gasteiger partial charge on any atom is -0.352 e. The number of rotatable bonds is 6. The first-order valence-corrected chi connectivity index (χ1v) is 9.99. The highest BCUT2D eigenvalue weighted by molar-refractivity contribution is 7.99. The number of pyridine rings is 1. The third kappa shape index (κ3) is 2.67. The van der Waals surface area contributed by atoms with Crippen LogP contribution in [-0.2, 0) is 4.79 Å². The minimum absolute atomic E-state index is 0.00152. The molecule has 4 bridgehead atoms. The molecular formula is C19H24N2O2S. The number of Topliss-reactive ketones (excluding diaryl/α,β-unsaturated/α-hetero) is 1. The average molecular weight is 344 g/mol. The number of hydrogen-bond donors (Lipinski definition) is 1. The van der Waals surface area contributed by atoms with Crippen LogP contribution in [0.4, 0.5) is 0 Å². The zero-order valence-corrected chi connectivity index (χ0v) is 14.9. The molecule has 2 atom stereocenters. The fraction of sp³-hybridized carbons (Fsp3) is 0.632. The summed E-state index contributed by atoms with van der Waals surface area (Å²) in [6.07, 6.45) is 7.80. The van der Waals surface area contributed by atoms with Crippen LogP contribution in [0.25, 0.3) is 0 Å². The number of nitrogens with one attached hydrogen (secondary N) is 1. The summed E-state index contributed by atoms with van der Waals surface area (Å²) in [4.78, 5) is 29.0. The second-order valence-corrected chi connectivity index (χ2v) is 8.65. The summed E-state index contributed by atoms with van der Waals surface area (Å²) in [5.74, 6) is 3.13. The molecule has 1 N–H and O–H groups in total. The van der Waals surface area contributed by atoms with Crippen LogP contribution in [0.2, 0.25) is 0 Å². The van der Waals surface area contributed by atoms with E-state index >= 15 is 0 Å². The maximum Gasteiger partial charge on any atom is 0.252 e. The Morgan fingerprint density at radius 3 is 2.62 bits per heavy atom. The maximum absolute atomic E-state index is 12.9. The van der Waals surface area contributed by atoms with Crippen LogP contribution in [0.15, 0.2) is 23.4 Å². The van der Waals surface area contributed by atoms with Crippen molar-refractivity contribution in [1.29, 1.82) is 0 Å². The summed E-state index contributed by atoms with van der Waals surface area (Å²) < 4.78 is 0. The van der Waals surface area contributed by atoms with Gasteiger partial charge >= 0.3 is 0 Å². The number of nitrogens with zero attached hydrogens (tertiary/aromatic N) is 1. The number of aromatic nitrogens is 1. The SMILES string of the molecule is CCNC(=O)c1ccc(SCC(=O)C23CC4CC(CC2C4)C3)nc1. The molecule has 2 unspecified atom stereocenters. The van der Waals surface area contributed by atoms with Gasteiger partial charge in [-0.25, -0.2) is 4.98 Å². The van der Waals surface area contributed by atoms with Gasteiger partial charge in [-0.1, -0.05) is 11.8 Å². The van der Waals surface area contributed by atoms with Crippen LogP contribution in [0.5, 0.6) is 0 Å². The van der Waals surface area contributed by atoms with Crippen LogP contribution in [0.3, 0.4) is 0 Å². The highest BCUT2D eigenvalue weighted by Crippen LogP contribution is 2.65. The number of carbonyl (C=O) groups excluding carboxylic acids is 2. The fourth-order valence-electron chi connectivity index (χ4n) is 5.40. The zero-order chi connectivity index (χ0) is 16.7. The largest absolute Gasteiger partial charge is 0.352 e. The predicted molar refractivity (Wildman–Crippen MR) is 94.0 cm³/mol. The molecule has 0 saturated heterocycles.